The molecule has 0 rings (SSSR count). The van der Waals surface area contributed by atoms with Crippen LogP contribution < -0.4 is 0 Å². The first-order valence-corrected chi connectivity index (χ1v) is 5.50. The van der Waals surface area contributed by atoms with Crippen LogP contribution in [0.15, 0.2) is 0 Å². The molecule has 14 heavy (non-hydrogen) atoms. The standard InChI is InChI=1S/C10H22P2.2Y/c1-7(9(3,4)11)8(2)10(5,6)12;;/h7-8H,3,5,11-12H2,1-2,4,6H3;;/q-2;;. The van der Waals surface area contributed by atoms with Gasteiger partial charge in [0.25, 0.3) is 0 Å². The molecule has 0 aromatic rings. The molecule has 0 amide bonds. The molecule has 6 atom stereocenters. The molecule has 80 valence electrons. The van der Waals surface area contributed by atoms with E-state index < -0.39 is 0 Å². The van der Waals surface area contributed by atoms with E-state index in [-0.39, 0.29) is 75.7 Å². The van der Waals surface area contributed by atoms with Crippen molar-refractivity contribution in [3.8, 4) is 0 Å². The summed E-state index contributed by atoms with van der Waals surface area (Å²) in [5.41, 5.74) is 0. The van der Waals surface area contributed by atoms with Gasteiger partial charge in [0.05, 0.1) is 0 Å². The summed E-state index contributed by atoms with van der Waals surface area (Å²) in [6, 6.07) is 0. The van der Waals surface area contributed by atoms with E-state index in [1.54, 1.807) is 0 Å². The van der Waals surface area contributed by atoms with Crippen LogP contribution in [0.5, 0.6) is 0 Å². The van der Waals surface area contributed by atoms with Gasteiger partial charge in [0, 0.05) is 65.4 Å². The summed E-state index contributed by atoms with van der Waals surface area (Å²) < 4.78 is 0. The minimum Gasteiger partial charge on any atom is -0.333 e. The molecule has 4 heteroatoms. The minimum atomic E-state index is 0. The Bertz CT molecular complexity index is 129. The summed E-state index contributed by atoms with van der Waals surface area (Å²) in [6.45, 7) is 17.0. The largest absolute Gasteiger partial charge is 0.333 e. The third kappa shape index (κ3) is 8.20. The van der Waals surface area contributed by atoms with Crippen molar-refractivity contribution in [1.29, 1.82) is 0 Å². The summed E-state index contributed by atoms with van der Waals surface area (Å²) in [5.74, 6) is 1.09. The number of hydrogen-bond donors (Lipinski definition) is 0. The van der Waals surface area contributed by atoms with E-state index in [2.05, 4.69) is 60.0 Å². The van der Waals surface area contributed by atoms with Crippen LogP contribution in [0.2, 0.25) is 0 Å². The van der Waals surface area contributed by atoms with E-state index >= 15 is 0 Å². The van der Waals surface area contributed by atoms with Gasteiger partial charge in [-0.15, -0.1) is 10.3 Å². The van der Waals surface area contributed by atoms with Crippen molar-refractivity contribution < 1.29 is 65.4 Å². The van der Waals surface area contributed by atoms with Crippen molar-refractivity contribution in [2.45, 2.75) is 38.0 Å². The van der Waals surface area contributed by atoms with E-state index in [0.29, 0.717) is 11.8 Å². The van der Waals surface area contributed by atoms with Gasteiger partial charge in [0.1, 0.15) is 0 Å². The minimum absolute atomic E-state index is 0. The van der Waals surface area contributed by atoms with Crippen LogP contribution in [-0.2, 0) is 65.4 Å². The molecule has 0 aliphatic carbocycles. The molecule has 0 nitrogen and oxygen atoms in total. The molecule has 0 saturated heterocycles. The Labute approximate surface area is 145 Å². The molecule has 0 fully saturated rings. The Balaban J connectivity index is -0.000000605. The van der Waals surface area contributed by atoms with Crippen molar-refractivity contribution >= 4 is 18.5 Å². The maximum absolute atomic E-state index is 4.13. The van der Waals surface area contributed by atoms with Gasteiger partial charge in [-0.05, 0) is 0 Å². The van der Waals surface area contributed by atoms with Crippen LogP contribution in [0.3, 0.4) is 0 Å². The molecule has 0 aromatic heterocycles. The van der Waals surface area contributed by atoms with Gasteiger partial charge < -0.3 is 13.8 Å². The quantitative estimate of drug-likeness (QED) is 0.520. The van der Waals surface area contributed by atoms with Gasteiger partial charge in [-0.25, -0.2) is 0 Å². The summed E-state index contributed by atoms with van der Waals surface area (Å²) in [7, 11) is 5.62. The van der Waals surface area contributed by atoms with Crippen molar-refractivity contribution in [2.75, 3.05) is 0 Å². The second-order valence-electron chi connectivity index (χ2n) is 4.59. The average molecular weight is 382 g/mol. The van der Waals surface area contributed by atoms with E-state index in [1.807, 2.05) is 0 Å². The van der Waals surface area contributed by atoms with Crippen molar-refractivity contribution in [3.63, 3.8) is 0 Å². The smallest absolute Gasteiger partial charge is 0 e. The molecule has 0 spiro atoms. The van der Waals surface area contributed by atoms with Crippen LogP contribution in [0.25, 0.3) is 0 Å². The van der Waals surface area contributed by atoms with Crippen molar-refractivity contribution in [2.24, 2.45) is 11.8 Å². The molecule has 0 bridgehead atoms. The molecular formula is C10H22P2Y2-2. The predicted octanol–water partition coefficient (Wildman–Crippen LogP) is 3.19. The Kier molecular flexibility index (Phi) is 13.1. The topological polar surface area (TPSA) is 0 Å². The fraction of sp³-hybridized carbons (Fsp3) is 0.800. The first-order valence-electron chi connectivity index (χ1n) is 4.35. The van der Waals surface area contributed by atoms with Gasteiger partial charge >= 0.3 is 0 Å². The van der Waals surface area contributed by atoms with Crippen LogP contribution in [0.1, 0.15) is 27.7 Å². The second kappa shape index (κ2) is 8.22. The maximum Gasteiger partial charge on any atom is 0 e. The maximum atomic E-state index is 4.13. The van der Waals surface area contributed by atoms with E-state index in [0.717, 1.165) is 0 Å². The second-order valence-corrected chi connectivity index (χ2v) is 7.23. The third-order valence-corrected chi connectivity index (χ3v) is 3.88. The van der Waals surface area contributed by atoms with Gasteiger partial charge in [-0.2, -0.15) is 18.5 Å². The van der Waals surface area contributed by atoms with Gasteiger partial charge in [0.15, 0.2) is 0 Å². The molecule has 0 N–H and O–H groups in total. The molecule has 6 unspecified atom stereocenters. The first kappa shape index (κ1) is 22.3. The summed E-state index contributed by atoms with van der Waals surface area (Å²) in [5, 5.41) is 0.101. The summed E-state index contributed by atoms with van der Waals surface area (Å²) in [6.07, 6.45) is 0. The monoisotopic (exact) mass is 382 g/mol. The zero-order valence-electron chi connectivity index (χ0n) is 9.88. The van der Waals surface area contributed by atoms with E-state index in [9.17, 15) is 0 Å². The van der Waals surface area contributed by atoms with Crippen LogP contribution in [-0.4, -0.2) is 10.3 Å². The van der Waals surface area contributed by atoms with Crippen LogP contribution >= 0.6 is 18.5 Å². The fourth-order valence-corrected chi connectivity index (χ4v) is 1.72. The number of rotatable bonds is 3. The molecule has 0 aliphatic heterocycles. The predicted molar refractivity (Wildman–Crippen MR) is 65.3 cm³/mol. The Morgan fingerprint density at radius 3 is 1.07 bits per heavy atom. The average Bonchev–Trinajstić information content (AvgIpc) is 1.80. The normalized spacial score (nSPS) is 23.1. The van der Waals surface area contributed by atoms with Gasteiger partial charge in [-0.1, -0.05) is 39.5 Å². The Morgan fingerprint density at radius 1 is 0.857 bits per heavy atom. The zero-order valence-corrected chi connectivity index (χ0v) is 17.9. The molecule has 0 heterocycles. The van der Waals surface area contributed by atoms with Crippen molar-refractivity contribution in [1.82, 2.24) is 0 Å². The van der Waals surface area contributed by atoms with Gasteiger partial charge in [0.2, 0.25) is 0 Å². The third-order valence-electron chi connectivity index (χ3n) is 2.83. The van der Waals surface area contributed by atoms with Crippen molar-refractivity contribution in [3.05, 3.63) is 13.8 Å². The van der Waals surface area contributed by atoms with Crippen LogP contribution in [0, 0.1) is 25.7 Å². The Hall–Kier alpha value is 3.07. The van der Waals surface area contributed by atoms with E-state index in [4.69, 9.17) is 0 Å². The van der Waals surface area contributed by atoms with Crippen LogP contribution in [0.4, 0.5) is 0 Å². The molecular weight excluding hydrogens is 360 g/mol. The molecule has 0 aliphatic rings. The number of hydrogen-bond acceptors (Lipinski definition) is 0. The van der Waals surface area contributed by atoms with Gasteiger partial charge in [-0.3, -0.25) is 0 Å². The first-order chi connectivity index (χ1) is 5.07. The fourth-order valence-electron chi connectivity index (χ4n) is 1.14. The Morgan fingerprint density at radius 2 is 1.00 bits per heavy atom. The molecule has 0 saturated carbocycles. The SMILES string of the molecule is [CH2-]C(C)(P)C(C)C(C)C([CH2-])(C)P.[Y].[Y]. The summed E-state index contributed by atoms with van der Waals surface area (Å²) in [4.78, 5) is 0. The van der Waals surface area contributed by atoms with E-state index in [1.165, 1.54) is 0 Å². The molecule has 2 radical (unpaired) electrons. The molecule has 0 aromatic carbocycles. The zero-order chi connectivity index (χ0) is 10.2. The summed E-state index contributed by atoms with van der Waals surface area (Å²) >= 11 is 0.